The predicted octanol–water partition coefficient (Wildman–Crippen LogP) is 9.88. The highest BCUT2D eigenvalue weighted by atomic mass is 16.5. The summed E-state index contributed by atoms with van der Waals surface area (Å²) in [6, 6.07) is 33.2. The van der Waals surface area contributed by atoms with Gasteiger partial charge >= 0.3 is 0 Å². The smallest absolute Gasteiger partial charge is 0.289 e. The number of benzene rings is 5. The third-order valence-corrected chi connectivity index (χ3v) is 15.6. The first-order valence-electron chi connectivity index (χ1n) is 27.9. The quantitative estimate of drug-likeness (QED) is 0.0576. The van der Waals surface area contributed by atoms with E-state index in [1.54, 1.807) is 28.8 Å². The molecule has 18 nitrogen and oxygen atoms in total. The number of likely N-dealkylation sites (tertiary alicyclic amines) is 1. The van der Waals surface area contributed by atoms with Gasteiger partial charge in [-0.15, -0.1) is 10.2 Å². The molecule has 80 heavy (non-hydrogen) atoms. The molecule has 5 aromatic carbocycles. The number of aromatic nitrogens is 5. The Balaban J connectivity index is 0.682. The summed E-state index contributed by atoms with van der Waals surface area (Å²) in [7, 11) is 3.63. The number of carbonyl (C=O) groups is 3. The Hall–Kier alpha value is -8.51. The number of nitrogens with zero attached hydrogens (tertiary/aromatic N) is 9. The van der Waals surface area contributed by atoms with E-state index in [4.69, 9.17) is 9.72 Å². The normalized spacial score (nSPS) is 15.2. The Morgan fingerprint density at radius 1 is 0.750 bits per heavy atom. The third-order valence-electron chi connectivity index (χ3n) is 15.6. The molecular weight excluding hydrogens is 1010 g/mol. The van der Waals surface area contributed by atoms with Crippen LogP contribution in [0.15, 0.2) is 109 Å². The number of amides is 3. The number of piperidine rings is 2. The monoisotopic (exact) mass is 1080 g/mol. The average molecular weight is 1080 g/mol. The zero-order valence-electron chi connectivity index (χ0n) is 46.7. The Morgan fingerprint density at radius 2 is 1.45 bits per heavy atom. The van der Waals surface area contributed by atoms with Crippen LogP contribution in [0.3, 0.4) is 0 Å². The van der Waals surface area contributed by atoms with Crippen LogP contribution in [0.2, 0.25) is 0 Å². The molecule has 5 heterocycles. The molecule has 0 unspecified atom stereocenters. The number of hydrogen-bond donors (Lipinski definition) is 5. The van der Waals surface area contributed by atoms with Gasteiger partial charge in [0.25, 0.3) is 11.8 Å². The van der Waals surface area contributed by atoms with Gasteiger partial charge in [-0.2, -0.15) is 4.98 Å². The molecule has 7 aromatic rings. The van der Waals surface area contributed by atoms with Gasteiger partial charge in [-0.3, -0.25) is 23.9 Å². The first kappa shape index (κ1) is 54.8. The van der Waals surface area contributed by atoms with Crippen molar-refractivity contribution in [3.05, 3.63) is 143 Å². The highest BCUT2D eigenvalue weighted by Gasteiger charge is 2.31. The molecule has 10 rings (SSSR count). The van der Waals surface area contributed by atoms with E-state index in [9.17, 15) is 24.6 Å². The van der Waals surface area contributed by atoms with E-state index < -0.39 is 0 Å². The minimum atomic E-state index is -0.375. The lowest BCUT2D eigenvalue weighted by Crippen LogP contribution is -2.40. The lowest BCUT2D eigenvalue weighted by atomic mass is 9.90. The second-order valence-electron chi connectivity index (χ2n) is 21.9. The summed E-state index contributed by atoms with van der Waals surface area (Å²) >= 11 is 0. The van der Waals surface area contributed by atoms with Crippen molar-refractivity contribution in [2.24, 2.45) is 11.8 Å². The molecule has 3 aliphatic heterocycles. The topological polar surface area (TPSA) is 206 Å². The van der Waals surface area contributed by atoms with Crippen LogP contribution in [0.5, 0.6) is 17.2 Å². The van der Waals surface area contributed by atoms with Crippen molar-refractivity contribution in [2.75, 3.05) is 66.9 Å². The van der Waals surface area contributed by atoms with Gasteiger partial charge in [0.2, 0.25) is 17.7 Å². The first-order valence-corrected chi connectivity index (χ1v) is 27.9. The minimum Gasteiger partial charge on any atom is -0.508 e. The Bertz CT molecular complexity index is 3360. The number of phenolic OH excluding ortho intramolecular Hbond substituents is 2. The Kier molecular flexibility index (Phi) is 16.3. The van der Waals surface area contributed by atoms with Crippen molar-refractivity contribution in [3.8, 4) is 34.3 Å². The molecular formula is C62H72N12O6. The largest absolute Gasteiger partial charge is 0.508 e. The maximum atomic E-state index is 13.5. The molecule has 2 fully saturated rings. The van der Waals surface area contributed by atoms with Gasteiger partial charge in [0.1, 0.15) is 22.9 Å². The second kappa shape index (κ2) is 23.8. The van der Waals surface area contributed by atoms with Crippen LogP contribution in [0.4, 0.5) is 34.5 Å². The van der Waals surface area contributed by atoms with Crippen molar-refractivity contribution in [1.82, 2.24) is 40.3 Å². The van der Waals surface area contributed by atoms with E-state index in [1.165, 1.54) is 17.2 Å². The maximum absolute atomic E-state index is 13.5. The number of hydrogen-bond acceptors (Lipinski definition) is 14. The standard InChI is InChI=1S/C62H72N12O6/c1-8-80-55-32-46(21-22-50(55)66-62-64-36-52-57(67-62)70(6)51-12-10-9-11-47(51)61(79)71(52)7)73-29-25-44(26-30-73)59(77)63-35-42-13-15-43(16-14-42)37-72-27-23-41(24-28-72)31-40-17-19-45(20-18-40)74-56(68-69-58(74)60(78)65-39(4)5)49-33-48(38(2)3)53(75)34-54(49)76/h9-22,32-34,36,38-39,41,44,75-76H,8,23-31,35,37H2,1-7H3,(H,63,77)(H,65,78)(H,64,66,67). The van der Waals surface area contributed by atoms with Crippen molar-refractivity contribution in [3.63, 3.8) is 0 Å². The summed E-state index contributed by atoms with van der Waals surface area (Å²) in [5, 5.41) is 39.7. The molecule has 2 aromatic heterocycles. The number of ether oxygens (including phenoxy) is 1. The number of aromatic hydroxyl groups is 2. The molecule has 3 aliphatic rings. The molecule has 0 saturated carbocycles. The Labute approximate surface area is 467 Å². The summed E-state index contributed by atoms with van der Waals surface area (Å²) < 4.78 is 7.79. The number of anilines is 6. The number of fused-ring (bicyclic) bond motifs is 2. The third kappa shape index (κ3) is 11.9. The molecule has 0 atom stereocenters. The van der Waals surface area contributed by atoms with Gasteiger partial charge in [0.15, 0.2) is 11.6 Å². The summed E-state index contributed by atoms with van der Waals surface area (Å²) in [5.74, 6) is 1.96. The van der Waals surface area contributed by atoms with Crippen LogP contribution in [-0.2, 0) is 24.3 Å². The van der Waals surface area contributed by atoms with Crippen LogP contribution in [0, 0.1) is 11.8 Å². The molecule has 0 spiro atoms. The van der Waals surface area contributed by atoms with Gasteiger partial charge in [-0.25, -0.2) is 4.98 Å². The SMILES string of the molecule is CCOc1cc(N2CCC(C(=O)NCc3ccc(CN4CCC(Cc5ccc(-n6c(C(=O)NC(C)C)nnc6-c6cc(C(C)C)c(O)cc6O)cc5)CC4)cc3)CC2)ccc1Nc1ncc2c(n1)N(C)c1ccccc1C(=O)N2C. The van der Waals surface area contributed by atoms with Crippen molar-refractivity contribution in [1.29, 1.82) is 0 Å². The zero-order valence-corrected chi connectivity index (χ0v) is 46.7. The van der Waals surface area contributed by atoms with Gasteiger partial charge < -0.3 is 45.6 Å². The number of phenols is 2. The zero-order chi connectivity index (χ0) is 56.2. The first-order chi connectivity index (χ1) is 38.6. The van der Waals surface area contributed by atoms with E-state index >= 15 is 0 Å². The minimum absolute atomic E-state index is 0.00175. The molecule has 5 N–H and O–H groups in total. The number of carbonyl (C=O) groups excluding carboxylic acids is 3. The molecule has 2 saturated heterocycles. The van der Waals surface area contributed by atoms with Crippen molar-refractivity contribution >= 4 is 52.2 Å². The molecule has 0 radical (unpaired) electrons. The van der Waals surface area contributed by atoms with Crippen molar-refractivity contribution in [2.45, 2.75) is 91.8 Å². The number of nitrogens with one attached hydrogen (secondary N) is 3. The number of para-hydroxylation sites is 1. The fourth-order valence-electron chi connectivity index (χ4n) is 11.1. The summed E-state index contributed by atoms with van der Waals surface area (Å²) in [6.45, 7) is 15.0. The van der Waals surface area contributed by atoms with E-state index in [0.29, 0.717) is 70.5 Å². The number of rotatable bonds is 17. The molecule has 0 aliphatic carbocycles. The van der Waals surface area contributed by atoms with E-state index in [0.717, 1.165) is 87.5 Å². The lowest BCUT2D eigenvalue weighted by molar-refractivity contribution is -0.125. The summed E-state index contributed by atoms with van der Waals surface area (Å²) in [5.41, 5.74) is 8.97. The van der Waals surface area contributed by atoms with Crippen LogP contribution >= 0.6 is 0 Å². The fourth-order valence-corrected chi connectivity index (χ4v) is 11.1. The lowest BCUT2D eigenvalue weighted by Gasteiger charge is -2.33. The molecule has 416 valence electrons. The van der Waals surface area contributed by atoms with Crippen LogP contribution in [0.1, 0.15) is 109 Å². The fraction of sp³-hybridized carbons (Fsp3) is 0.371. The molecule has 18 heteroatoms. The molecule has 0 bridgehead atoms. The van der Waals surface area contributed by atoms with Crippen LogP contribution in [-0.4, -0.2) is 110 Å². The average Bonchev–Trinajstić information content (AvgIpc) is 3.90. The van der Waals surface area contributed by atoms with E-state index in [2.05, 4.69) is 83.4 Å². The van der Waals surface area contributed by atoms with Crippen molar-refractivity contribution < 1.29 is 29.3 Å². The van der Waals surface area contributed by atoms with E-state index in [-0.39, 0.29) is 52.9 Å². The van der Waals surface area contributed by atoms with Crippen LogP contribution < -0.4 is 35.4 Å². The van der Waals surface area contributed by atoms with E-state index in [1.807, 2.05) is 95.1 Å². The van der Waals surface area contributed by atoms with Gasteiger partial charge in [-0.1, -0.05) is 62.4 Å². The highest BCUT2D eigenvalue weighted by Crippen LogP contribution is 2.41. The molecule has 3 amide bonds. The van der Waals surface area contributed by atoms with Gasteiger partial charge in [-0.05, 0) is 143 Å². The predicted molar refractivity (Wildman–Crippen MR) is 312 cm³/mol. The summed E-state index contributed by atoms with van der Waals surface area (Å²) in [4.78, 5) is 57.9. The second-order valence-corrected chi connectivity index (χ2v) is 21.9. The van der Waals surface area contributed by atoms with Gasteiger partial charge in [0, 0.05) is 75.7 Å². The maximum Gasteiger partial charge on any atom is 0.289 e. The summed E-state index contributed by atoms with van der Waals surface area (Å²) in [6.07, 6.45) is 6.27. The van der Waals surface area contributed by atoms with Gasteiger partial charge in [0.05, 0.1) is 35.3 Å². The Morgan fingerprint density at radius 3 is 2.16 bits per heavy atom. The van der Waals surface area contributed by atoms with Crippen LogP contribution in [0.25, 0.3) is 17.1 Å². The highest BCUT2D eigenvalue weighted by molar-refractivity contribution is 6.13.